The predicted molar refractivity (Wildman–Crippen MR) is 99.7 cm³/mol. The van der Waals surface area contributed by atoms with Gasteiger partial charge in [-0.05, 0) is 52.3 Å². The third-order valence-corrected chi connectivity index (χ3v) is 2.93. The van der Waals surface area contributed by atoms with E-state index in [2.05, 4.69) is 20.0 Å². The van der Waals surface area contributed by atoms with Crippen LogP contribution in [0.4, 0.5) is 13.2 Å². The lowest BCUT2D eigenvalue weighted by atomic mass is 10.1. The van der Waals surface area contributed by atoms with E-state index in [4.69, 9.17) is 5.73 Å². The van der Waals surface area contributed by atoms with Crippen molar-refractivity contribution in [2.75, 3.05) is 0 Å². The maximum absolute atomic E-state index is 12.2. The number of alkyl halides is 3. The maximum atomic E-state index is 12.2. The normalized spacial score (nSPS) is 12.5. The molecule has 0 aliphatic heterocycles. The summed E-state index contributed by atoms with van der Waals surface area (Å²) < 4.78 is 40.6. The van der Waals surface area contributed by atoms with Crippen molar-refractivity contribution in [3.8, 4) is 5.75 Å². The summed E-state index contributed by atoms with van der Waals surface area (Å²) in [7, 11) is 0. The van der Waals surface area contributed by atoms with Gasteiger partial charge in [-0.25, -0.2) is 4.98 Å². The number of amides is 1. The molecular weight excluding hydrogens is 373 g/mol. The van der Waals surface area contributed by atoms with E-state index in [9.17, 15) is 18.0 Å². The molecule has 1 heterocycles. The Morgan fingerprint density at radius 3 is 2.36 bits per heavy atom. The van der Waals surface area contributed by atoms with E-state index in [0.29, 0.717) is 11.3 Å². The molecule has 0 aliphatic rings. The number of nitrogens with zero attached hydrogens (tertiary/aromatic N) is 2. The molecule has 2 aromatic rings. The van der Waals surface area contributed by atoms with Crippen molar-refractivity contribution >= 4 is 5.91 Å². The SMILES string of the molecule is CC(C)(C)N.Cc1cncc(C(=O)NC(C)c2cccc(OC(F)(F)F)c2)n1. The van der Waals surface area contributed by atoms with Crippen LogP contribution in [0.25, 0.3) is 0 Å². The molecule has 1 amide bonds. The molecule has 0 bridgehead atoms. The zero-order valence-electron chi connectivity index (χ0n) is 16.5. The van der Waals surface area contributed by atoms with Gasteiger partial charge in [0.05, 0.1) is 17.9 Å². The van der Waals surface area contributed by atoms with E-state index in [1.807, 2.05) is 20.8 Å². The fraction of sp³-hybridized carbons (Fsp3) is 0.421. The maximum Gasteiger partial charge on any atom is 0.573 e. The summed E-state index contributed by atoms with van der Waals surface area (Å²) in [6.45, 7) is 9.24. The highest BCUT2D eigenvalue weighted by atomic mass is 19.4. The van der Waals surface area contributed by atoms with Crippen molar-refractivity contribution in [1.29, 1.82) is 0 Å². The Bertz CT molecular complexity index is 783. The smallest absolute Gasteiger partial charge is 0.406 e. The molecule has 3 N–H and O–H groups in total. The average molecular weight is 398 g/mol. The first-order valence-corrected chi connectivity index (χ1v) is 8.49. The molecule has 0 aliphatic carbocycles. The van der Waals surface area contributed by atoms with Crippen molar-refractivity contribution in [3.05, 3.63) is 53.6 Å². The Hall–Kier alpha value is -2.68. The van der Waals surface area contributed by atoms with Gasteiger partial charge in [-0.1, -0.05) is 12.1 Å². The minimum absolute atomic E-state index is 0. The number of aryl methyl sites for hydroxylation is 1. The monoisotopic (exact) mass is 398 g/mol. The number of rotatable bonds is 4. The summed E-state index contributed by atoms with van der Waals surface area (Å²) in [6.07, 6.45) is -1.93. The van der Waals surface area contributed by atoms with Gasteiger partial charge < -0.3 is 15.8 Å². The summed E-state index contributed by atoms with van der Waals surface area (Å²) in [6, 6.07) is 4.90. The fourth-order valence-electron chi connectivity index (χ4n) is 1.91. The molecule has 28 heavy (non-hydrogen) atoms. The zero-order valence-corrected chi connectivity index (χ0v) is 16.5. The van der Waals surface area contributed by atoms with E-state index >= 15 is 0 Å². The molecule has 0 saturated heterocycles. The molecule has 6 nitrogen and oxygen atoms in total. The number of halogens is 3. The first kappa shape index (κ1) is 23.4. The quantitative estimate of drug-likeness (QED) is 0.815. The van der Waals surface area contributed by atoms with Crippen LogP contribution in [-0.2, 0) is 0 Å². The molecule has 9 heteroatoms. The summed E-state index contributed by atoms with van der Waals surface area (Å²) in [4.78, 5) is 20.0. The number of benzene rings is 1. The van der Waals surface area contributed by atoms with E-state index in [1.54, 1.807) is 19.9 Å². The highest BCUT2D eigenvalue weighted by molar-refractivity contribution is 5.92. The first-order chi connectivity index (χ1) is 12.7. The molecule has 1 aromatic heterocycles. The van der Waals surface area contributed by atoms with E-state index in [1.165, 1.54) is 30.6 Å². The topological polar surface area (TPSA) is 90.1 Å². The number of carbonyl (C=O) groups excluding carboxylic acids is 1. The van der Waals surface area contributed by atoms with Gasteiger partial charge >= 0.3 is 6.36 Å². The number of nitrogens with one attached hydrogen (secondary N) is 1. The molecule has 1 aromatic carbocycles. The van der Waals surface area contributed by atoms with Crippen LogP contribution < -0.4 is 15.8 Å². The first-order valence-electron chi connectivity index (χ1n) is 8.49. The van der Waals surface area contributed by atoms with Gasteiger partial charge in [-0.3, -0.25) is 9.78 Å². The minimum Gasteiger partial charge on any atom is -0.406 e. The average Bonchev–Trinajstić information content (AvgIpc) is 2.52. The Morgan fingerprint density at radius 2 is 1.82 bits per heavy atom. The lowest BCUT2D eigenvalue weighted by molar-refractivity contribution is -0.274. The summed E-state index contributed by atoms with van der Waals surface area (Å²) >= 11 is 0. The van der Waals surface area contributed by atoms with Gasteiger partial charge in [-0.2, -0.15) is 0 Å². The Balaban J connectivity index is 0.000000696. The van der Waals surface area contributed by atoms with Crippen molar-refractivity contribution in [1.82, 2.24) is 15.3 Å². The van der Waals surface area contributed by atoms with E-state index in [0.717, 1.165) is 0 Å². The van der Waals surface area contributed by atoms with Crippen LogP contribution in [0.1, 0.15) is 55.5 Å². The van der Waals surface area contributed by atoms with Crippen molar-refractivity contribution in [3.63, 3.8) is 0 Å². The lowest BCUT2D eigenvalue weighted by Gasteiger charge is -2.16. The Morgan fingerprint density at radius 1 is 1.21 bits per heavy atom. The third-order valence-electron chi connectivity index (χ3n) is 2.93. The third kappa shape index (κ3) is 9.86. The van der Waals surface area contributed by atoms with E-state index < -0.39 is 18.3 Å². The second-order valence-corrected chi connectivity index (χ2v) is 7.23. The summed E-state index contributed by atoms with van der Waals surface area (Å²) in [5.41, 5.74) is 6.55. The van der Waals surface area contributed by atoms with Crippen LogP contribution in [0.5, 0.6) is 5.75 Å². The molecule has 0 radical (unpaired) electrons. The van der Waals surface area contributed by atoms with Crippen LogP contribution in [0.3, 0.4) is 0 Å². The highest BCUT2D eigenvalue weighted by Crippen LogP contribution is 2.25. The number of hydrogen-bond acceptors (Lipinski definition) is 5. The summed E-state index contributed by atoms with van der Waals surface area (Å²) in [5, 5.41) is 2.65. The summed E-state index contributed by atoms with van der Waals surface area (Å²) in [5.74, 6) is -0.803. The van der Waals surface area contributed by atoms with Gasteiger partial charge in [0.25, 0.3) is 5.91 Å². The Labute approximate surface area is 162 Å². The van der Waals surface area contributed by atoms with Crippen LogP contribution in [0, 0.1) is 6.92 Å². The van der Waals surface area contributed by atoms with Gasteiger partial charge in [0.15, 0.2) is 0 Å². The number of nitrogens with two attached hydrogens (primary N) is 1. The number of ether oxygens (including phenoxy) is 1. The van der Waals surface area contributed by atoms with Crippen LogP contribution in [0.15, 0.2) is 36.7 Å². The molecule has 1 atom stereocenters. The molecule has 2 rings (SSSR count). The molecular formula is C19H25F3N4O2. The number of aromatic nitrogens is 2. The van der Waals surface area contributed by atoms with Gasteiger partial charge in [0, 0.05) is 11.7 Å². The molecule has 0 spiro atoms. The highest BCUT2D eigenvalue weighted by Gasteiger charge is 2.31. The number of carbonyl (C=O) groups is 1. The van der Waals surface area contributed by atoms with Crippen LogP contribution in [-0.4, -0.2) is 27.8 Å². The standard InChI is InChI=1S/C15H14F3N3O2.C4H11N/c1-9-7-19-8-13(20-9)14(22)21-10(2)11-4-3-5-12(6-11)23-15(16,17)18;1-4(2,3)5/h3-8,10H,1-2H3,(H,21,22);5H2,1-3H3. The molecule has 154 valence electrons. The molecule has 1 unspecified atom stereocenters. The zero-order chi connectivity index (χ0) is 21.5. The molecule has 0 saturated carbocycles. The van der Waals surface area contributed by atoms with Crippen molar-refractivity contribution in [2.45, 2.75) is 52.6 Å². The molecule has 0 fully saturated rings. The minimum atomic E-state index is -4.76. The van der Waals surface area contributed by atoms with Crippen LogP contribution >= 0.6 is 0 Å². The van der Waals surface area contributed by atoms with Crippen molar-refractivity contribution < 1.29 is 22.7 Å². The van der Waals surface area contributed by atoms with E-state index in [-0.39, 0.29) is 17.0 Å². The van der Waals surface area contributed by atoms with Gasteiger partial charge in [0.1, 0.15) is 11.4 Å². The largest absolute Gasteiger partial charge is 0.573 e. The fourth-order valence-corrected chi connectivity index (χ4v) is 1.91. The number of hydrogen-bond donors (Lipinski definition) is 2. The lowest BCUT2D eigenvalue weighted by Crippen LogP contribution is -2.27. The van der Waals surface area contributed by atoms with Crippen molar-refractivity contribution in [2.24, 2.45) is 5.73 Å². The van der Waals surface area contributed by atoms with Gasteiger partial charge in [0.2, 0.25) is 0 Å². The van der Waals surface area contributed by atoms with Crippen LogP contribution in [0.2, 0.25) is 0 Å². The second-order valence-electron chi connectivity index (χ2n) is 7.23. The Kier molecular flexibility index (Phi) is 7.92. The van der Waals surface area contributed by atoms with Gasteiger partial charge in [-0.15, -0.1) is 13.2 Å². The predicted octanol–water partition coefficient (Wildman–Crippen LogP) is 3.92. The second kappa shape index (κ2) is 9.50.